The van der Waals surface area contributed by atoms with Crippen LogP contribution in [0, 0.1) is 0 Å². The van der Waals surface area contributed by atoms with E-state index < -0.39 is 5.97 Å². The number of halogens is 1. The molecule has 0 saturated carbocycles. The summed E-state index contributed by atoms with van der Waals surface area (Å²) in [7, 11) is 0. The fourth-order valence-electron chi connectivity index (χ4n) is 0.927. The molecule has 0 heterocycles. The number of hydrogen-bond acceptors (Lipinski definition) is 2. The molecule has 0 unspecified atom stereocenters. The van der Waals surface area contributed by atoms with Crippen molar-refractivity contribution in [3.8, 4) is 0 Å². The Morgan fingerprint density at radius 1 is 1.36 bits per heavy atom. The molecule has 0 aliphatic rings. The Labute approximate surface area is 89.8 Å². The fraction of sp³-hybridized carbons (Fsp3) is 0.100. The van der Waals surface area contributed by atoms with E-state index >= 15 is 0 Å². The minimum atomic E-state index is -1.00. The molecule has 4 heteroatoms. The maximum absolute atomic E-state index is 10.5. The summed E-state index contributed by atoms with van der Waals surface area (Å²) in [5.41, 5.74) is 1.57. The molecule has 1 rings (SSSR count). The summed E-state index contributed by atoms with van der Waals surface area (Å²) in [5, 5.41) is 17.4. The summed E-state index contributed by atoms with van der Waals surface area (Å²) < 4.78 is 0.106. The van der Waals surface area contributed by atoms with Crippen molar-refractivity contribution in [3.63, 3.8) is 0 Å². The number of hydrogen-bond donors (Lipinski definition) is 2. The maximum Gasteiger partial charge on any atom is 0.342 e. The number of carbonyl (C=O) groups is 1. The molecule has 0 fully saturated rings. The van der Waals surface area contributed by atoms with Crippen LogP contribution in [-0.4, -0.2) is 16.2 Å². The van der Waals surface area contributed by atoms with E-state index in [1.807, 2.05) is 0 Å². The number of benzene rings is 1. The first-order valence-corrected chi connectivity index (χ1v) is 4.73. The minimum Gasteiger partial charge on any atom is -0.477 e. The summed E-state index contributed by atoms with van der Waals surface area (Å²) in [6, 6.07) is 6.98. The second-order valence-electron chi connectivity index (χ2n) is 2.70. The van der Waals surface area contributed by atoms with Gasteiger partial charge in [-0.05, 0) is 33.1 Å². The second kappa shape index (κ2) is 4.93. The zero-order valence-corrected chi connectivity index (χ0v) is 8.86. The average Bonchev–Trinajstić information content (AvgIpc) is 2.19. The molecule has 0 aromatic heterocycles. The zero-order chi connectivity index (χ0) is 10.6. The van der Waals surface area contributed by atoms with Crippen molar-refractivity contribution in [3.05, 3.63) is 39.9 Å². The number of rotatable bonds is 3. The van der Waals surface area contributed by atoms with Gasteiger partial charge in [0.1, 0.15) is 4.48 Å². The number of aliphatic hydroxyl groups is 1. The van der Waals surface area contributed by atoms with Crippen LogP contribution < -0.4 is 0 Å². The first kappa shape index (κ1) is 10.9. The van der Waals surface area contributed by atoms with Gasteiger partial charge in [-0.3, -0.25) is 0 Å². The molecule has 14 heavy (non-hydrogen) atoms. The number of aliphatic carboxylic acids is 1. The van der Waals surface area contributed by atoms with Gasteiger partial charge in [-0.2, -0.15) is 0 Å². The van der Waals surface area contributed by atoms with Crippen molar-refractivity contribution < 1.29 is 15.0 Å². The van der Waals surface area contributed by atoms with Crippen molar-refractivity contribution in [2.24, 2.45) is 0 Å². The van der Waals surface area contributed by atoms with Crippen molar-refractivity contribution in [1.29, 1.82) is 0 Å². The van der Waals surface area contributed by atoms with E-state index in [4.69, 9.17) is 10.2 Å². The van der Waals surface area contributed by atoms with Gasteiger partial charge in [-0.15, -0.1) is 0 Å². The van der Waals surface area contributed by atoms with E-state index in [2.05, 4.69) is 15.9 Å². The van der Waals surface area contributed by atoms with Crippen LogP contribution in [0.1, 0.15) is 11.1 Å². The summed E-state index contributed by atoms with van der Waals surface area (Å²) in [6.07, 6.45) is 1.50. The molecule has 74 valence electrons. The predicted octanol–water partition coefficient (Wildman–Crippen LogP) is 2.00. The van der Waals surface area contributed by atoms with E-state index in [-0.39, 0.29) is 11.1 Å². The van der Waals surface area contributed by atoms with E-state index in [1.165, 1.54) is 6.08 Å². The van der Waals surface area contributed by atoms with Crippen LogP contribution in [0.15, 0.2) is 28.7 Å². The largest absolute Gasteiger partial charge is 0.477 e. The van der Waals surface area contributed by atoms with Gasteiger partial charge in [0.2, 0.25) is 0 Å². The van der Waals surface area contributed by atoms with Gasteiger partial charge in [0, 0.05) is 0 Å². The highest BCUT2D eigenvalue weighted by Crippen LogP contribution is 2.13. The summed E-state index contributed by atoms with van der Waals surface area (Å²) >= 11 is 2.93. The normalized spacial score (nSPS) is 11.4. The first-order valence-electron chi connectivity index (χ1n) is 3.94. The smallest absolute Gasteiger partial charge is 0.342 e. The van der Waals surface area contributed by atoms with Crippen LogP contribution in [0.4, 0.5) is 0 Å². The molecule has 2 N–H and O–H groups in total. The lowest BCUT2D eigenvalue weighted by molar-refractivity contribution is -0.131. The lowest BCUT2D eigenvalue weighted by Crippen LogP contribution is -1.92. The molecule has 1 aromatic rings. The molecule has 0 aliphatic carbocycles. The zero-order valence-electron chi connectivity index (χ0n) is 7.27. The lowest BCUT2D eigenvalue weighted by Gasteiger charge is -1.97. The highest BCUT2D eigenvalue weighted by Gasteiger charge is 2.01. The first-order chi connectivity index (χ1) is 6.63. The second-order valence-corrected chi connectivity index (χ2v) is 3.55. The molecule has 0 spiro atoms. The highest BCUT2D eigenvalue weighted by molar-refractivity contribution is 9.12. The number of aliphatic hydroxyl groups excluding tert-OH is 1. The standard InChI is InChI=1S/C10H9BrO3/c11-9(10(13)14)5-7-1-3-8(6-12)4-2-7/h1-5,12H,6H2,(H,13,14)/b9-5-. The van der Waals surface area contributed by atoms with Crippen molar-refractivity contribution in [2.75, 3.05) is 0 Å². The monoisotopic (exact) mass is 256 g/mol. The molecule has 0 bridgehead atoms. The van der Waals surface area contributed by atoms with Crippen LogP contribution in [-0.2, 0) is 11.4 Å². The third-order valence-corrected chi connectivity index (χ3v) is 2.23. The van der Waals surface area contributed by atoms with E-state index in [0.29, 0.717) is 0 Å². The number of carboxylic acids is 1. The van der Waals surface area contributed by atoms with Crippen molar-refractivity contribution in [2.45, 2.75) is 6.61 Å². The summed E-state index contributed by atoms with van der Waals surface area (Å²) in [6.45, 7) is -0.00983. The Kier molecular flexibility index (Phi) is 3.85. The molecule has 3 nitrogen and oxygen atoms in total. The third kappa shape index (κ3) is 2.97. The third-order valence-electron chi connectivity index (χ3n) is 1.66. The van der Waals surface area contributed by atoms with Gasteiger partial charge in [0.15, 0.2) is 0 Å². The molecule has 0 radical (unpaired) electrons. The lowest BCUT2D eigenvalue weighted by atomic mass is 10.1. The van der Waals surface area contributed by atoms with Gasteiger partial charge in [-0.1, -0.05) is 24.3 Å². The van der Waals surface area contributed by atoms with Crippen molar-refractivity contribution >= 4 is 28.0 Å². The van der Waals surface area contributed by atoms with Crippen LogP contribution in [0.25, 0.3) is 6.08 Å². The van der Waals surface area contributed by atoms with Crippen LogP contribution in [0.5, 0.6) is 0 Å². The van der Waals surface area contributed by atoms with Crippen LogP contribution in [0.3, 0.4) is 0 Å². The quantitative estimate of drug-likeness (QED) is 0.814. The topological polar surface area (TPSA) is 57.5 Å². The Morgan fingerprint density at radius 2 is 1.93 bits per heavy atom. The molecule has 0 aliphatic heterocycles. The van der Waals surface area contributed by atoms with Crippen LogP contribution in [0.2, 0.25) is 0 Å². The molecule has 0 saturated heterocycles. The van der Waals surface area contributed by atoms with E-state index in [9.17, 15) is 4.79 Å². The maximum atomic E-state index is 10.5. The average molecular weight is 257 g/mol. The van der Waals surface area contributed by atoms with Gasteiger partial charge in [0.05, 0.1) is 6.61 Å². The SMILES string of the molecule is O=C(O)/C(Br)=C/c1ccc(CO)cc1. The molecule has 0 atom stereocenters. The summed E-state index contributed by atoms with van der Waals surface area (Å²) in [5.74, 6) is -1.00. The number of carboxylic acid groups (broad SMARTS) is 1. The molecule has 0 amide bonds. The van der Waals surface area contributed by atoms with E-state index in [1.54, 1.807) is 24.3 Å². The predicted molar refractivity (Wildman–Crippen MR) is 56.9 cm³/mol. The summed E-state index contributed by atoms with van der Waals surface area (Å²) in [4.78, 5) is 10.5. The van der Waals surface area contributed by atoms with Gasteiger partial charge in [0.25, 0.3) is 0 Å². The Hall–Kier alpha value is -1.13. The van der Waals surface area contributed by atoms with Gasteiger partial charge >= 0.3 is 5.97 Å². The van der Waals surface area contributed by atoms with Crippen molar-refractivity contribution in [1.82, 2.24) is 0 Å². The Bertz CT molecular complexity index is 354. The van der Waals surface area contributed by atoms with Crippen LogP contribution >= 0.6 is 15.9 Å². The van der Waals surface area contributed by atoms with E-state index in [0.717, 1.165) is 11.1 Å². The molecular formula is C10H9BrO3. The Balaban J connectivity index is 2.88. The fourth-order valence-corrected chi connectivity index (χ4v) is 1.19. The Morgan fingerprint density at radius 3 is 2.36 bits per heavy atom. The molecule has 1 aromatic carbocycles. The highest BCUT2D eigenvalue weighted by atomic mass is 79.9. The van der Waals surface area contributed by atoms with Gasteiger partial charge in [-0.25, -0.2) is 4.79 Å². The molecular weight excluding hydrogens is 248 g/mol. The minimum absolute atomic E-state index is 0.00983. The van der Waals surface area contributed by atoms with Gasteiger partial charge < -0.3 is 10.2 Å².